The smallest absolute Gasteiger partial charge is 0.407 e. The SMILES string of the molecule is CC(C)(C)OC(=O)N[C@@H](Cc1ccccc1)[C@@H](O)C[C@H](Cc1ccccc1)C(=O)N[C@@H](CC1CCCCC1)C(N)=O. The molecule has 8 heteroatoms. The van der Waals surface area contributed by atoms with Crippen molar-refractivity contribution in [2.24, 2.45) is 17.6 Å². The molecule has 224 valence electrons. The minimum atomic E-state index is -1.06. The van der Waals surface area contributed by atoms with E-state index < -0.39 is 41.7 Å². The molecule has 2 aromatic carbocycles. The molecule has 0 radical (unpaired) electrons. The second-order valence-electron chi connectivity index (χ2n) is 12.3. The van der Waals surface area contributed by atoms with E-state index in [4.69, 9.17) is 10.5 Å². The molecular weight excluding hydrogens is 518 g/mol. The Hall–Kier alpha value is -3.39. The highest BCUT2D eigenvalue weighted by Gasteiger charge is 2.32. The fraction of sp³-hybridized carbons (Fsp3) is 0.545. The van der Waals surface area contributed by atoms with Gasteiger partial charge in [0.15, 0.2) is 0 Å². The fourth-order valence-electron chi connectivity index (χ4n) is 5.54. The molecule has 0 saturated heterocycles. The predicted octanol–water partition coefficient (Wildman–Crippen LogP) is 4.67. The Morgan fingerprint density at radius 3 is 2.00 bits per heavy atom. The molecule has 0 spiro atoms. The van der Waals surface area contributed by atoms with Crippen LogP contribution in [0.4, 0.5) is 4.79 Å². The second-order valence-corrected chi connectivity index (χ2v) is 12.3. The van der Waals surface area contributed by atoms with Crippen LogP contribution in [0.1, 0.15) is 76.8 Å². The molecule has 3 amide bonds. The highest BCUT2D eigenvalue weighted by atomic mass is 16.6. The standard InChI is InChI=1S/C33H47N3O5/c1-33(2,3)41-32(40)36-27(20-24-15-9-5-10-16-24)29(37)22-26(19-23-13-7-4-8-14-23)31(39)35-28(30(34)38)21-25-17-11-6-12-18-25/h4-5,7-10,13-16,25-29,37H,6,11-12,17-22H2,1-3H3,(H2,34,38)(H,35,39)(H,36,40)/t26-,27-,28-,29-/m0/s1. The molecule has 41 heavy (non-hydrogen) atoms. The molecule has 1 fully saturated rings. The number of aliphatic hydroxyl groups excluding tert-OH is 1. The van der Waals surface area contributed by atoms with E-state index in [-0.39, 0.29) is 12.3 Å². The molecule has 0 bridgehead atoms. The van der Waals surface area contributed by atoms with Crippen molar-refractivity contribution in [3.05, 3.63) is 71.8 Å². The zero-order valence-corrected chi connectivity index (χ0v) is 24.7. The average Bonchev–Trinajstić information content (AvgIpc) is 2.92. The Balaban J connectivity index is 1.79. The highest BCUT2D eigenvalue weighted by Crippen LogP contribution is 2.28. The van der Waals surface area contributed by atoms with Crippen LogP contribution in [-0.4, -0.2) is 46.8 Å². The van der Waals surface area contributed by atoms with Crippen LogP contribution in [0.25, 0.3) is 0 Å². The van der Waals surface area contributed by atoms with Gasteiger partial charge in [-0.15, -0.1) is 0 Å². The number of carbonyl (C=O) groups is 3. The van der Waals surface area contributed by atoms with Crippen molar-refractivity contribution in [1.29, 1.82) is 0 Å². The van der Waals surface area contributed by atoms with Gasteiger partial charge in [0.1, 0.15) is 11.6 Å². The lowest BCUT2D eigenvalue weighted by atomic mass is 9.84. The first-order chi connectivity index (χ1) is 19.5. The number of hydrogen-bond acceptors (Lipinski definition) is 5. The molecule has 3 rings (SSSR count). The van der Waals surface area contributed by atoms with Gasteiger partial charge in [0, 0.05) is 5.92 Å². The number of alkyl carbamates (subject to hydrolysis) is 1. The molecule has 2 aromatic rings. The zero-order valence-electron chi connectivity index (χ0n) is 24.7. The number of aliphatic hydroxyl groups is 1. The number of primary amides is 1. The van der Waals surface area contributed by atoms with Gasteiger partial charge in [-0.1, -0.05) is 92.8 Å². The topological polar surface area (TPSA) is 131 Å². The summed E-state index contributed by atoms with van der Waals surface area (Å²) in [6, 6.07) is 17.6. The Labute approximate surface area is 244 Å². The third-order valence-electron chi connectivity index (χ3n) is 7.64. The zero-order chi connectivity index (χ0) is 29.8. The molecule has 0 unspecified atom stereocenters. The lowest BCUT2D eigenvalue weighted by Gasteiger charge is -2.30. The van der Waals surface area contributed by atoms with Crippen LogP contribution in [-0.2, 0) is 27.2 Å². The van der Waals surface area contributed by atoms with Crippen molar-refractivity contribution < 1.29 is 24.2 Å². The van der Waals surface area contributed by atoms with Crippen molar-refractivity contribution in [1.82, 2.24) is 10.6 Å². The third-order valence-corrected chi connectivity index (χ3v) is 7.64. The number of hydrogen-bond donors (Lipinski definition) is 4. The largest absolute Gasteiger partial charge is 0.444 e. The second kappa shape index (κ2) is 15.6. The summed E-state index contributed by atoms with van der Waals surface area (Å²) in [7, 11) is 0. The molecule has 0 aromatic heterocycles. The van der Waals surface area contributed by atoms with Crippen molar-refractivity contribution in [3.63, 3.8) is 0 Å². The summed E-state index contributed by atoms with van der Waals surface area (Å²) < 4.78 is 5.46. The van der Waals surface area contributed by atoms with E-state index in [1.165, 1.54) is 6.42 Å². The summed E-state index contributed by atoms with van der Waals surface area (Å²) in [5.74, 6) is -1.17. The Morgan fingerprint density at radius 1 is 0.902 bits per heavy atom. The van der Waals surface area contributed by atoms with E-state index in [1.807, 2.05) is 60.7 Å². The van der Waals surface area contributed by atoms with Gasteiger partial charge in [0.05, 0.1) is 12.1 Å². The van der Waals surface area contributed by atoms with Crippen molar-refractivity contribution in [2.75, 3.05) is 0 Å². The van der Waals surface area contributed by atoms with E-state index in [9.17, 15) is 19.5 Å². The van der Waals surface area contributed by atoms with E-state index in [2.05, 4.69) is 10.6 Å². The summed E-state index contributed by atoms with van der Waals surface area (Å²) in [5.41, 5.74) is 6.89. The van der Waals surface area contributed by atoms with E-state index in [0.717, 1.165) is 36.8 Å². The molecule has 1 aliphatic carbocycles. The normalized spacial score (nSPS) is 17.1. The number of benzene rings is 2. The average molecular weight is 566 g/mol. The van der Waals surface area contributed by atoms with Gasteiger partial charge in [-0.05, 0) is 63.5 Å². The molecule has 0 heterocycles. The van der Waals surface area contributed by atoms with Crippen LogP contribution in [0.5, 0.6) is 0 Å². The number of nitrogens with two attached hydrogens (primary N) is 1. The van der Waals surface area contributed by atoms with Crippen molar-refractivity contribution in [3.8, 4) is 0 Å². The summed E-state index contributed by atoms with van der Waals surface area (Å²) >= 11 is 0. The minimum absolute atomic E-state index is 0.0724. The number of amides is 3. The fourth-order valence-corrected chi connectivity index (χ4v) is 5.54. The summed E-state index contributed by atoms with van der Waals surface area (Å²) in [6.07, 6.45) is 5.13. The Kier molecular flexibility index (Phi) is 12.2. The van der Waals surface area contributed by atoms with Crippen LogP contribution >= 0.6 is 0 Å². The monoisotopic (exact) mass is 565 g/mol. The van der Waals surface area contributed by atoms with Crippen LogP contribution in [0.2, 0.25) is 0 Å². The van der Waals surface area contributed by atoms with E-state index in [0.29, 0.717) is 25.2 Å². The minimum Gasteiger partial charge on any atom is -0.444 e. The maximum atomic E-state index is 13.7. The number of carbonyl (C=O) groups excluding carboxylic acids is 3. The summed E-state index contributed by atoms with van der Waals surface area (Å²) in [4.78, 5) is 38.8. The van der Waals surface area contributed by atoms with E-state index in [1.54, 1.807) is 20.8 Å². The van der Waals surface area contributed by atoms with Gasteiger partial charge in [0.25, 0.3) is 0 Å². The van der Waals surface area contributed by atoms with Gasteiger partial charge >= 0.3 is 6.09 Å². The molecule has 1 saturated carbocycles. The first-order valence-electron chi connectivity index (χ1n) is 14.8. The van der Waals surface area contributed by atoms with Gasteiger partial charge in [-0.3, -0.25) is 9.59 Å². The summed E-state index contributed by atoms with van der Waals surface area (Å²) in [6.45, 7) is 5.33. The Bertz CT molecular complexity index is 1100. The summed E-state index contributed by atoms with van der Waals surface area (Å²) in [5, 5.41) is 17.2. The molecular formula is C33H47N3O5. The van der Waals surface area contributed by atoms with Gasteiger partial charge in [-0.2, -0.15) is 0 Å². The van der Waals surface area contributed by atoms with Gasteiger partial charge < -0.3 is 26.2 Å². The van der Waals surface area contributed by atoms with E-state index >= 15 is 0 Å². The lowest BCUT2D eigenvalue weighted by Crippen LogP contribution is -2.50. The predicted molar refractivity (Wildman–Crippen MR) is 160 cm³/mol. The van der Waals surface area contributed by atoms with Crippen LogP contribution in [0, 0.1) is 11.8 Å². The molecule has 0 aliphatic heterocycles. The van der Waals surface area contributed by atoms with Crippen molar-refractivity contribution in [2.45, 2.75) is 102 Å². The highest BCUT2D eigenvalue weighted by molar-refractivity contribution is 5.87. The van der Waals surface area contributed by atoms with Crippen molar-refractivity contribution >= 4 is 17.9 Å². The first kappa shape index (κ1) is 32.1. The molecule has 1 aliphatic rings. The molecule has 5 N–H and O–H groups in total. The number of ether oxygens (including phenoxy) is 1. The number of rotatable bonds is 13. The number of nitrogens with one attached hydrogen (secondary N) is 2. The lowest BCUT2D eigenvalue weighted by molar-refractivity contribution is -0.131. The molecule has 4 atom stereocenters. The van der Waals surface area contributed by atoms with Crippen LogP contribution in [0.15, 0.2) is 60.7 Å². The van der Waals surface area contributed by atoms with Gasteiger partial charge in [-0.25, -0.2) is 4.79 Å². The maximum absolute atomic E-state index is 13.7. The van der Waals surface area contributed by atoms with Gasteiger partial charge in [0.2, 0.25) is 11.8 Å². The van der Waals surface area contributed by atoms with Crippen LogP contribution in [0.3, 0.4) is 0 Å². The maximum Gasteiger partial charge on any atom is 0.407 e. The Morgan fingerprint density at radius 2 is 1.46 bits per heavy atom. The van der Waals surface area contributed by atoms with Crippen LogP contribution < -0.4 is 16.4 Å². The quantitative estimate of drug-likeness (QED) is 0.280. The molecule has 8 nitrogen and oxygen atoms in total. The third kappa shape index (κ3) is 11.6. The first-order valence-corrected chi connectivity index (χ1v) is 14.8.